The van der Waals surface area contributed by atoms with Gasteiger partial charge in [0.05, 0.1) is 0 Å². The SMILES string of the molecule is NC(=O)C1SCC(c2ccc3c(c2)CCCN3)(C(F)(F)F)N1c1nccs1. The monoisotopic (exact) mass is 414 g/mol. The van der Waals surface area contributed by atoms with Crippen molar-refractivity contribution in [1.29, 1.82) is 0 Å². The molecule has 3 heterocycles. The van der Waals surface area contributed by atoms with Gasteiger partial charge in [0, 0.05) is 29.6 Å². The molecular weight excluding hydrogens is 397 g/mol. The second-order valence-corrected chi connectivity index (χ2v) is 8.45. The van der Waals surface area contributed by atoms with Gasteiger partial charge in [-0.3, -0.25) is 4.79 Å². The molecule has 3 N–H and O–H groups in total. The van der Waals surface area contributed by atoms with Crippen molar-refractivity contribution in [2.45, 2.75) is 29.9 Å². The fraction of sp³-hybridized carbons (Fsp3) is 0.412. The molecule has 4 rings (SSSR count). The molecule has 144 valence electrons. The van der Waals surface area contributed by atoms with Crippen molar-refractivity contribution in [2.24, 2.45) is 5.73 Å². The number of hydrogen-bond donors (Lipinski definition) is 2. The van der Waals surface area contributed by atoms with E-state index in [0.29, 0.717) is 6.42 Å². The summed E-state index contributed by atoms with van der Waals surface area (Å²) in [6.07, 6.45) is -1.61. The first-order valence-corrected chi connectivity index (χ1v) is 10.3. The zero-order valence-corrected chi connectivity index (χ0v) is 15.8. The average Bonchev–Trinajstić information content (AvgIpc) is 3.28. The number of fused-ring (bicyclic) bond motifs is 1. The van der Waals surface area contributed by atoms with E-state index < -0.39 is 23.0 Å². The van der Waals surface area contributed by atoms with E-state index in [2.05, 4.69) is 10.3 Å². The predicted octanol–water partition coefficient (Wildman–Crippen LogP) is 3.32. The van der Waals surface area contributed by atoms with Crippen molar-refractivity contribution in [3.05, 3.63) is 40.9 Å². The Morgan fingerprint density at radius 2 is 2.22 bits per heavy atom. The van der Waals surface area contributed by atoms with Gasteiger partial charge in [-0.2, -0.15) is 13.2 Å². The van der Waals surface area contributed by atoms with Gasteiger partial charge >= 0.3 is 6.18 Å². The van der Waals surface area contributed by atoms with Crippen LogP contribution in [-0.2, 0) is 16.8 Å². The molecule has 27 heavy (non-hydrogen) atoms. The van der Waals surface area contributed by atoms with Gasteiger partial charge in [0.1, 0.15) is 0 Å². The Kier molecular flexibility index (Phi) is 4.50. The van der Waals surface area contributed by atoms with Crippen LogP contribution in [0.5, 0.6) is 0 Å². The molecule has 5 nitrogen and oxygen atoms in total. The van der Waals surface area contributed by atoms with E-state index in [1.165, 1.54) is 12.3 Å². The number of halogens is 3. The lowest BCUT2D eigenvalue weighted by Gasteiger charge is -2.41. The van der Waals surface area contributed by atoms with Crippen molar-refractivity contribution in [3.63, 3.8) is 0 Å². The van der Waals surface area contributed by atoms with Gasteiger partial charge in [-0.05, 0) is 30.0 Å². The fourth-order valence-electron chi connectivity index (χ4n) is 3.69. The lowest BCUT2D eigenvalue weighted by atomic mass is 9.86. The third kappa shape index (κ3) is 2.85. The highest BCUT2D eigenvalue weighted by atomic mass is 32.2. The number of nitrogens with one attached hydrogen (secondary N) is 1. The summed E-state index contributed by atoms with van der Waals surface area (Å²) in [5.41, 5.74) is 4.92. The number of hydrogen-bond acceptors (Lipinski definition) is 6. The van der Waals surface area contributed by atoms with Crippen molar-refractivity contribution in [3.8, 4) is 0 Å². The van der Waals surface area contributed by atoms with Crippen molar-refractivity contribution in [2.75, 3.05) is 22.5 Å². The Labute approximate surface area is 162 Å². The molecule has 0 bridgehead atoms. The first kappa shape index (κ1) is 18.4. The van der Waals surface area contributed by atoms with Crippen LogP contribution in [0, 0.1) is 0 Å². The maximum atomic E-state index is 14.6. The van der Waals surface area contributed by atoms with E-state index in [-0.39, 0.29) is 16.4 Å². The van der Waals surface area contributed by atoms with Crippen molar-refractivity contribution in [1.82, 2.24) is 4.98 Å². The molecule has 2 unspecified atom stereocenters. The molecule has 0 spiro atoms. The largest absolute Gasteiger partial charge is 0.416 e. The molecule has 1 aromatic heterocycles. The molecule has 2 aromatic rings. The van der Waals surface area contributed by atoms with Crippen LogP contribution in [0.2, 0.25) is 0 Å². The maximum Gasteiger partial charge on any atom is 0.416 e. The van der Waals surface area contributed by atoms with Crippen LogP contribution >= 0.6 is 23.1 Å². The van der Waals surface area contributed by atoms with E-state index in [0.717, 1.165) is 52.2 Å². The second-order valence-electron chi connectivity index (χ2n) is 6.51. The number of aromatic nitrogens is 1. The molecule has 1 aromatic carbocycles. The molecular formula is C17H17F3N4OS2. The number of benzene rings is 1. The summed E-state index contributed by atoms with van der Waals surface area (Å²) in [6, 6.07) is 4.80. The number of nitrogens with two attached hydrogens (primary N) is 1. The van der Waals surface area contributed by atoms with Crippen LogP contribution in [-0.4, -0.2) is 34.7 Å². The minimum Gasteiger partial charge on any atom is -0.385 e. The Morgan fingerprint density at radius 1 is 1.41 bits per heavy atom. The van der Waals surface area contributed by atoms with Crippen LogP contribution in [0.15, 0.2) is 29.8 Å². The first-order chi connectivity index (χ1) is 12.8. The van der Waals surface area contributed by atoms with Gasteiger partial charge in [-0.25, -0.2) is 4.98 Å². The molecule has 2 aliphatic rings. The molecule has 1 fully saturated rings. The van der Waals surface area contributed by atoms with Gasteiger partial charge < -0.3 is 16.0 Å². The third-order valence-electron chi connectivity index (χ3n) is 4.95. The molecule has 2 atom stereocenters. The third-order valence-corrected chi connectivity index (χ3v) is 7.07. The van der Waals surface area contributed by atoms with E-state index in [4.69, 9.17) is 5.73 Å². The minimum atomic E-state index is -4.62. The number of rotatable bonds is 3. The smallest absolute Gasteiger partial charge is 0.385 e. The number of anilines is 2. The molecule has 1 amide bonds. The fourth-order valence-corrected chi connectivity index (χ4v) is 5.96. The number of aryl methyl sites for hydroxylation is 1. The first-order valence-electron chi connectivity index (χ1n) is 8.38. The van der Waals surface area contributed by atoms with E-state index in [9.17, 15) is 18.0 Å². The number of amides is 1. The predicted molar refractivity (Wildman–Crippen MR) is 101 cm³/mol. The number of alkyl halides is 3. The van der Waals surface area contributed by atoms with E-state index >= 15 is 0 Å². The number of primary amides is 1. The van der Waals surface area contributed by atoms with E-state index in [1.54, 1.807) is 17.5 Å². The van der Waals surface area contributed by atoms with Gasteiger partial charge in [-0.15, -0.1) is 23.1 Å². The molecule has 10 heteroatoms. The number of nitrogens with zero attached hydrogens (tertiary/aromatic N) is 2. The van der Waals surface area contributed by atoms with Gasteiger partial charge in [0.25, 0.3) is 5.91 Å². The van der Waals surface area contributed by atoms with Gasteiger partial charge in [0.15, 0.2) is 16.0 Å². The zero-order chi connectivity index (χ0) is 19.2. The summed E-state index contributed by atoms with van der Waals surface area (Å²) in [5, 5.41) is 3.81. The Balaban J connectivity index is 1.91. The minimum absolute atomic E-state index is 0.115. The molecule has 1 saturated heterocycles. The summed E-state index contributed by atoms with van der Waals surface area (Å²) < 4.78 is 43.7. The van der Waals surface area contributed by atoms with Crippen LogP contribution in [0.1, 0.15) is 17.5 Å². The highest BCUT2D eigenvalue weighted by molar-refractivity contribution is 8.01. The van der Waals surface area contributed by atoms with Gasteiger partial charge in [-0.1, -0.05) is 12.1 Å². The van der Waals surface area contributed by atoms with Gasteiger partial charge in [0.2, 0.25) is 0 Å². The summed E-state index contributed by atoms with van der Waals surface area (Å²) in [4.78, 5) is 17.1. The molecule has 0 radical (unpaired) electrons. The molecule has 0 saturated carbocycles. The van der Waals surface area contributed by atoms with Crippen LogP contribution in [0.25, 0.3) is 0 Å². The van der Waals surface area contributed by atoms with Crippen molar-refractivity contribution >= 4 is 39.8 Å². The van der Waals surface area contributed by atoms with Crippen molar-refractivity contribution < 1.29 is 18.0 Å². The number of carbonyl (C=O) groups is 1. The topological polar surface area (TPSA) is 71.2 Å². The maximum absolute atomic E-state index is 14.6. The number of carbonyl (C=O) groups excluding carboxylic acids is 1. The number of thiazole rings is 1. The lowest BCUT2D eigenvalue weighted by Crippen LogP contribution is -2.58. The zero-order valence-electron chi connectivity index (χ0n) is 14.1. The molecule has 0 aliphatic carbocycles. The van der Waals surface area contributed by atoms with Crippen LogP contribution < -0.4 is 16.0 Å². The molecule has 2 aliphatic heterocycles. The Bertz CT molecular complexity index is 858. The lowest BCUT2D eigenvalue weighted by molar-refractivity contribution is -0.183. The summed E-state index contributed by atoms with van der Waals surface area (Å²) in [5.74, 6) is -1.13. The quantitative estimate of drug-likeness (QED) is 0.806. The Hall–Kier alpha value is -1.94. The van der Waals surface area contributed by atoms with Crippen LogP contribution in [0.3, 0.4) is 0 Å². The van der Waals surface area contributed by atoms with Crippen LogP contribution in [0.4, 0.5) is 24.0 Å². The highest BCUT2D eigenvalue weighted by Gasteiger charge is 2.66. The summed E-state index contributed by atoms with van der Waals surface area (Å²) >= 11 is 1.97. The summed E-state index contributed by atoms with van der Waals surface area (Å²) in [6.45, 7) is 0.807. The Morgan fingerprint density at radius 3 is 2.89 bits per heavy atom. The summed E-state index contributed by atoms with van der Waals surface area (Å²) in [7, 11) is 0. The second kappa shape index (κ2) is 6.59. The normalized spacial score (nSPS) is 25.1. The standard InChI is InChI=1S/C17H17F3N4OS2/c18-17(19,20)16(11-3-4-12-10(8-11)2-1-5-22-12)9-27-14(13(21)25)24(16)15-23-6-7-26-15/h3-4,6-8,14,22H,1-2,5,9H2,(H2,21,25). The number of thioether (sulfide) groups is 1. The average molecular weight is 414 g/mol. The van der Waals surface area contributed by atoms with E-state index in [1.807, 2.05) is 0 Å². The highest BCUT2D eigenvalue weighted by Crippen LogP contribution is 2.55.